The average molecular weight is 587 g/mol. The maximum Gasteiger partial charge on any atom is 0.310 e. The summed E-state index contributed by atoms with van der Waals surface area (Å²) in [4.78, 5) is 43.8. The van der Waals surface area contributed by atoms with Crippen molar-refractivity contribution in [2.75, 3.05) is 31.1 Å². The number of thiocarbonyl (C=S) groups is 1. The van der Waals surface area contributed by atoms with Gasteiger partial charge < -0.3 is 9.64 Å². The zero-order valence-corrected chi connectivity index (χ0v) is 25.9. The van der Waals surface area contributed by atoms with Crippen LogP contribution in [0.4, 0.5) is 5.82 Å². The molecule has 2 saturated heterocycles. The highest BCUT2D eigenvalue weighted by Crippen LogP contribution is 2.37. The molecule has 8 nitrogen and oxygen atoms in total. The molecule has 218 valence electrons. The Morgan fingerprint density at radius 3 is 2.52 bits per heavy atom. The molecular formula is C30H42N4O4S2. The van der Waals surface area contributed by atoms with E-state index in [0.717, 1.165) is 32.1 Å². The van der Waals surface area contributed by atoms with Crippen LogP contribution in [-0.4, -0.2) is 51.9 Å². The van der Waals surface area contributed by atoms with E-state index in [1.807, 2.05) is 6.92 Å². The third-order valence-corrected chi connectivity index (χ3v) is 8.90. The molecule has 1 atom stereocenters. The number of anilines is 1. The van der Waals surface area contributed by atoms with E-state index in [1.165, 1.54) is 31.0 Å². The minimum absolute atomic E-state index is 0.0740. The van der Waals surface area contributed by atoms with E-state index in [1.54, 1.807) is 29.4 Å². The largest absolute Gasteiger partial charge is 0.466 e. The van der Waals surface area contributed by atoms with Gasteiger partial charge in [-0.2, -0.15) is 5.26 Å². The van der Waals surface area contributed by atoms with Crippen LogP contribution >= 0.6 is 24.0 Å². The van der Waals surface area contributed by atoms with Crippen molar-refractivity contribution in [1.29, 1.82) is 5.26 Å². The molecular weight excluding hydrogens is 544 g/mol. The zero-order chi connectivity index (χ0) is 29.2. The van der Waals surface area contributed by atoms with Gasteiger partial charge in [-0.15, -0.1) is 0 Å². The second kappa shape index (κ2) is 15.4. The summed E-state index contributed by atoms with van der Waals surface area (Å²) >= 11 is 6.85. The number of nitriles is 1. The van der Waals surface area contributed by atoms with Gasteiger partial charge in [0.2, 0.25) is 0 Å². The van der Waals surface area contributed by atoms with Crippen LogP contribution in [0.15, 0.2) is 9.70 Å². The van der Waals surface area contributed by atoms with Crippen molar-refractivity contribution >= 4 is 52.1 Å². The Morgan fingerprint density at radius 2 is 1.85 bits per heavy atom. The molecule has 1 aromatic rings. The number of amides is 1. The van der Waals surface area contributed by atoms with Crippen molar-refractivity contribution < 1.29 is 14.3 Å². The van der Waals surface area contributed by atoms with Crippen molar-refractivity contribution in [3.8, 4) is 6.07 Å². The first-order valence-electron chi connectivity index (χ1n) is 14.6. The lowest BCUT2D eigenvalue weighted by Gasteiger charge is -2.36. The van der Waals surface area contributed by atoms with Crippen molar-refractivity contribution in [1.82, 2.24) is 9.47 Å². The van der Waals surface area contributed by atoms with Gasteiger partial charge in [0, 0.05) is 31.7 Å². The molecule has 0 N–H and O–H groups in total. The number of thioether (sulfide) groups is 1. The van der Waals surface area contributed by atoms with Gasteiger partial charge in [-0.3, -0.25) is 23.9 Å². The number of pyridine rings is 1. The minimum Gasteiger partial charge on any atom is -0.466 e. The van der Waals surface area contributed by atoms with Gasteiger partial charge in [-0.25, -0.2) is 0 Å². The molecule has 2 fully saturated rings. The maximum absolute atomic E-state index is 13.5. The molecule has 1 aromatic heterocycles. The van der Waals surface area contributed by atoms with Gasteiger partial charge in [-0.1, -0.05) is 69.9 Å². The van der Waals surface area contributed by atoms with Crippen LogP contribution in [0.2, 0.25) is 0 Å². The van der Waals surface area contributed by atoms with E-state index in [4.69, 9.17) is 17.0 Å². The molecule has 3 rings (SSSR count). The number of hydrogen-bond acceptors (Lipinski definition) is 8. The molecule has 0 radical (unpaired) electrons. The first-order chi connectivity index (χ1) is 19.3. The van der Waals surface area contributed by atoms with E-state index in [2.05, 4.69) is 17.9 Å². The van der Waals surface area contributed by atoms with Gasteiger partial charge >= 0.3 is 5.97 Å². The SMILES string of the molecule is CCCCCCCCN1C(=O)/C(=C\c2c(C)c(C#N)c(=O)n(CCC)c2N2CCCC(C(=O)OCC)C2)SC1=S. The lowest BCUT2D eigenvalue weighted by Crippen LogP contribution is -2.43. The fraction of sp³-hybridized carbons (Fsp3) is 0.633. The molecule has 10 heteroatoms. The Kier molecular flexibility index (Phi) is 12.3. The topological polar surface area (TPSA) is 95.6 Å². The highest BCUT2D eigenvalue weighted by molar-refractivity contribution is 8.26. The van der Waals surface area contributed by atoms with Gasteiger partial charge in [-0.05, 0) is 51.2 Å². The van der Waals surface area contributed by atoms with Gasteiger partial charge in [0.25, 0.3) is 11.5 Å². The maximum atomic E-state index is 13.5. The molecule has 0 aromatic carbocycles. The highest BCUT2D eigenvalue weighted by Gasteiger charge is 2.34. The predicted octanol–water partition coefficient (Wildman–Crippen LogP) is 5.78. The lowest BCUT2D eigenvalue weighted by atomic mass is 9.96. The predicted molar refractivity (Wildman–Crippen MR) is 165 cm³/mol. The third kappa shape index (κ3) is 7.35. The second-order valence-electron chi connectivity index (χ2n) is 10.4. The van der Waals surface area contributed by atoms with E-state index in [-0.39, 0.29) is 28.9 Å². The standard InChI is InChI=1S/C30H42N4O4S2/c1-5-8-9-10-11-12-17-34-28(36)25(40-30(34)39)18-23-21(4)24(19-31)27(35)33(15-6-2)26(23)32-16-13-14-22(20-32)29(37)38-7-3/h18,22H,5-17,20H2,1-4H3/b25-18+. The number of hydrogen-bond donors (Lipinski definition) is 0. The normalized spacial score (nSPS) is 18.5. The van der Waals surface area contributed by atoms with Gasteiger partial charge in [0.05, 0.1) is 17.4 Å². The van der Waals surface area contributed by atoms with Crippen molar-refractivity contribution in [2.45, 2.75) is 92.0 Å². The molecule has 0 spiro atoms. The molecule has 1 amide bonds. The summed E-state index contributed by atoms with van der Waals surface area (Å²) in [5, 5.41) is 9.90. The van der Waals surface area contributed by atoms with Crippen LogP contribution in [0.3, 0.4) is 0 Å². The monoisotopic (exact) mass is 586 g/mol. The Morgan fingerprint density at radius 1 is 1.12 bits per heavy atom. The molecule has 0 bridgehead atoms. The van der Waals surface area contributed by atoms with E-state index in [9.17, 15) is 19.6 Å². The minimum atomic E-state index is -0.345. The highest BCUT2D eigenvalue weighted by atomic mass is 32.2. The number of nitrogens with zero attached hydrogens (tertiary/aromatic N) is 4. The quantitative estimate of drug-likeness (QED) is 0.124. The average Bonchev–Trinajstić information content (AvgIpc) is 3.21. The number of ether oxygens (including phenoxy) is 1. The van der Waals surface area contributed by atoms with Crippen LogP contribution < -0.4 is 10.5 Å². The molecule has 2 aliphatic heterocycles. The van der Waals surface area contributed by atoms with Gasteiger partial charge in [0.15, 0.2) is 0 Å². The van der Waals surface area contributed by atoms with Gasteiger partial charge in [0.1, 0.15) is 21.8 Å². The summed E-state index contributed by atoms with van der Waals surface area (Å²) < 4.78 is 7.48. The number of carbonyl (C=O) groups excluding carboxylic acids is 2. The van der Waals surface area contributed by atoms with E-state index in [0.29, 0.717) is 65.4 Å². The van der Waals surface area contributed by atoms with Crippen LogP contribution in [0.1, 0.15) is 95.2 Å². The molecule has 2 aliphatic rings. The van der Waals surface area contributed by atoms with Crippen LogP contribution in [0.25, 0.3) is 6.08 Å². The Bertz CT molecular complexity index is 1230. The number of aromatic nitrogens is 1. The van der Waals surface area contributed by atoms with Crippen molar-refractivity contribution in [3.05, 3.63) is 31.9 Å². The fourth-order valence-electron chi connectivity index (χ4n) is 5.41. The van der Waals surface area contributed by atoms with Crippen molar-refractivity contribution in [2.24, 2.45) is 5.92 Å². The first kappa shape index (κ1) is 31.9. The molecule has 1 unspecified atom stereocenters. The number of piperidine rings is 1. The van der Waals surface area contributed by atoms with E-state index < -0.39 is 0 Å². The number of unbranched alkanes of at least 4 members (excludes halogenated alkanes) is 5. The Labute approximate surface area is 247 Å². The fourth-order valence-corrected chi connectivity index (χ4v) is 6.70. The van der Waals surface area contributed by atoms with Crippen molar-refractivity contribution in [3.63, 3.8) is 0 Å². The Hall–Kier alpha value is -2.64. The summed E-state index contributed by atoms with van der Waals surface area (Å²) in [6, 6.07) is 2.10. The Balaban J connectivity index is 2.01. The summed E-state index contributed by atoms with van der Waals surface area (Å²) in [5.74, 6) is -0.0282. The number of rotatable bonds is 13. The smallest absolute Gasteiger partial charge is 0.310 e. The van der Waals surface area contributed by atoms with Crippen LogP contribution in [0, 0.1) is 24.2 Å². The summed E-state index contributed by atoms with van der Waals surface area (Å²) in [7, 11) is 0. The summed E-state index contributed by atoms with van der Waals surface area (Å²) in [5.41, 5.74) is 0.927. The van der Waals surface area contributed by atoms with E-state index >= 15 is 0 Å². The summed E-state index contributed by atoms with van der Waals surface area (Å²) in [6.45, 7) is 10.1. The summed E-state index contributed by atoms with van der Waals surface area (Å²) in [6.07, 6.45) is 10.7. The number of carbonyl (C=O) groups is 2. The second-order valence-corrected chi connectivity index (χ2v) is 12.1. The molecule has 0 saturated carbocycles. The molecule has 3 heterocycles. The molecule has 40 heavy (non-hydrogen) atoms. The number of esters is 1. The van der Waals surface area contributed by atoms with Crippen LogP contribution in [0.5, 0.6) is 0 Å². The third-order valence-electron chi connectivity index (χ3n) is 7.52. The first-order valence-corrected chi connectivity index (χ1v) is 15.9. The lowest BCUT2D eigenvalue weighted by molar-refractivity contribution is -0.148. The van der Waals surface area contributed by atoms with Crippen LogP contribution in [-0.2, 0) is 20.9 Å². The zero-order valence-electron chi connectivity index (χ0n) is 24.3. The molecule has 0 aliphatic carbocycles.